The van der Waals surface area contributed by atoms with Crippen LogP contribution in [0.25, 0.3) is 0 Å². The summed E-state index contributed by atoms with van der Waals surface area (Å²) in [5.41, 5.74) is 1.30. The molecule has 0 radical (unpaired) electrons. The van der Waals surface area contributed by atoms with Crippen LogP contribution in [0.2, 0.25) is 0 Å². The number of nitrogens with one attached hydrogen (secondary N) is 2. The van der Waals surface area contributed by atoms with Gasteiger partial charge in [0.1, 0.15) is 5.54 Å². The van der Waals surface area contributed by atoms with Gasteiger partial charge in [-0.3, -0.25) is 10.1 Å². The molecule has 1 aliphatic carbocycles. The van der Waals surface area contributed by atoms with Crippen molar-refractivity contribution >= 4 is 11.9 Å². The Morgan fingerprint density at radius 2 is 1.94 bits per heavy atom. The number of aryl methyl sites for hydroxylation is 1. The maximum absolute atomic E-state index is 12.1. The van der Waals surface area contributed by atoms with E-state index in [4.69, 9.17) is 0 Å². The van der Waals surface area contributed by atoms with Crippen molar-refractivity contribution in [1.29, 1.82) is 0 Å². The van der Waals surface area contributed by atoms with E-state index in [2.05, 4.69) is 10.6 Å². The van der Waals surface area contributed by atoms with Crippen molar-refractivity contribution in [3.8, 4) is 0 Å². The summed E-state index contributed by atoms with van der Waals surface area (Å²) in [6.07, 6.45) is 3.66. The normalized spacial score (nSPS) is 27.3. The van der Waals surface area contributed by atoms with Crippen LogP contribution in [-0.4, -0.2) is 11.9 Å². The van der Waals surface area contributed by atoms with Crippen molar-refractivity contribution in [2.75, 3.05) is 0 Å². The molecule has 88 valence electrons. The fraction of sp³-hybridized carbons (Fsp3) is 0.385. The SMILES string of the molecule is O=C1NC(=O)[C@@]2(CCCCc3ccccc32)N1. The van der Waals surface area contributed by atoms with Gasteiger partial charge < -0.3 is 5.32 Å². The largest absolute Gasteiger partial charge is 0.322 e. The zero-order valence-corrected chi connectivity index (χ0v) is 9.45. The number of benzene rings is 1. The molecule has 17 heavy (non-hydrogen) atoms. The highest BCUT2D eigenvalue weighted by molar-refractivity contribution is 6.07. The van der Waals surface area contributed by atoms with E-state index >= 15 is 0 Å². The van der Waals surface area contributed by atoms with Crippen molar-refractivity contribution in [3.63, 3.8) is 0 Å². The summed E-state index contributed by atoms with van der Waals surface area (Å²) in [4.78, 5) is 23.5. The lowest BCUT2D eigenvalue weighted by Gasteiger charge is -2.26. The number of hydrogen-bond donors (Lipinski definition) is 2. The lowest BCUT2D eigenvalue weighted by Crippen LogP contribution is -2.43. The molecule has 1 heterocycles. The van der Waals surface area contributed by atoms with E-state index in [1.54, 1.807) is 0 Å². The summed E-state index contributed by atoms with van der Waals surface area (Å²) in [5.74, 6) is -0.211. The van der Waals surface area contributed by atoms with Crippen molar-refractivity contribution in [3.05, 3.63) is 35.4 Å². The third kappa shape index (κ3) is 1.44. The zero-order valence-electron chi connectivity index (χ0n) is 9.45. The van der Waals surface area contributed by atoms with Crippen LogP contribution in [0.3, 0.4) is 0 Å². The molecule has 1 spiro atoms. The molecule has 1 saturated heterocycles. The minimum absolute atomic E-state index is 0.211. The molecule has 3 rings (SSSR count). The van der Waals surface area contributed by atoms with Gasteiger partial charge in [0.2, 0.25) is 0 Å². The molecule has 4 heteroatoms. The fourth-order valence-corrected chi connectivity index (χ4v) is 2.85. The number of hydrogen-bond acceptors (Lipinski definition) is 2. The number of fused-ring (bicyclic) bond motifs is 2. The van der Waals surface area contributed by atoms with E-state index in [0.717, 1.165) is 24.8 Å². The van der Waals surface area contributed by atoms with Gasteiger partial charge >= 0.3 is 6.03 Å². The van der Waals surface area contributed by atoms with Crippen LogP contribution in [0, 0.1) is 0 Å². The Bertz CT molecular complexity index is 498. The van der Waals surface area contributed by atoms with E-state index in [-0.39, 0.29) is 11.9 Å². The van der Waals surface area contributed by atoms with Crippen LogP contribution in [0.15, 0.2) is 24.3 Å². The van der Waals surface area contributed by atoms with Crippen LogP contribution in [0.5, 0.6) is 0 Å². The topological polar surface area (TPSA) is 58.2 Å². The van der Waals surface area contributed by atoms with Gasteiger partial charge in [-0.1, -0.05) is 24.3 Å². The molecule has 0 aromatic heterocycles. The molecule has 0 bridgehead atoms. The second kappa shape index (κ2) is 3.58. The van der Waals surface area contributed by atoms with Crippen molar-refractivity contribution < 1.29 is 9.59 Å². The van der Waals surface area contributed by atoms with Crippen molar-refractivity contribution in [2.45, 2.75) is 31.2 Å². The number of carbonyl (C=O) groups excluding carboxylic acids is 2. The minimum atomic E-state index is -0.829. The molecule has 1 fully saturated rings. The number of amides is 3. The van der Waals surface area contributed by atoms with E-state index < -0.39 is 5.54 Å². The van der Waals surface area contributed by atoms with E-state index in [0.29, 0.717) is 6.42 Å². The summed E-state index contributed by atoms with van der Waals surface area (Å²) < 4.78 is 0. The first-order valence-corrected chi connectivity index (χ1v) is 5.94. The second-order valence-electron chi connectivity index (χ2n) is 4.68. The lowest BCUT2D eigenvalue weighted by molar-refractivity contribution is -0.124. The Labute approximate surface area is 99.4 Å². The van der Waals surface area contributed by atoms with Crippen LogP contribution in [0.4, 0.5) is 4.79 Å². The molecule has 1 aromatic rings. The Balaban J connectivity index is 2.17. The molecule has 3 amide bonds. The Kier molecular flexibility index (Phi) is 2.18. The van der Waals surface area contributed by atoms with Gasteiger partial charge in [0.05, 0.1) is 0 Å². The Morgan fingerprint density at radius 1 is 1.12 bits per heavy atom. The van der Waals surface area contributed by atoms with Gasteiger partial charge in [-0.05, 0) is 36.8 Å². The summed E-state index contributed by atoms with van der Waals surface area (Å²) in [5, 5.41) is 5.17. The van der Waals surface area contributed by atoms with E-state index in [1.165, 1.54) is 5.56 Å². The predicted octanol–water partition coefficient (Wildman–Crippen LogP) is 1.45. The molecule has 0 saturated carbocycles. The maximum atomic E-state index is 12.1. The standard InChI is InChI=1S/C13H14N2O2/c16-11-13(15-12(17)14-11)8-4-3-6-9-5-1-2-7-10(9)13/h1-2,5,7H,3-4,6,8H2,(H2,14,15,16,17)/t13-/m0/s1. The number of imide groups is 1. The fourth-order valence-electron chi connectivity index (χ4n) is 2.85. The van der Waals surface area contributed by atoms with Gasteiger partial charge in [-0.2, -0.15) is 0 Å². The monoisotopic (exact) mass is 230 g/mol. The quantitative estimate of drug-likeness (QED) is 0.663. The molecule has 4 nitrogen and oxygen atoms in total. The smallest absolute Gasteiger partial charge is 0.319 e. The summed E-state index contributed by atoms with van der Waals surface area (Å²) in [7, 11) is 0. The van der Waals surface area contributed by atoms with Gasteiger partial charge in [0, 0.05) is 0 Å². The molecule has 1 aliphatic heterocycles. The van der Waals surface area contributed by atoms with Crippen LogP contribution >= 0.6 is 0 Å². The number of urea groups is 1. The minimum Gasteiger partial charge on any atom is -0.319 e. The van der Waals surface area contributed by atoms with E-state index in [9.17, 15) is 9.59 Å². The number of rotatable bonds is 0. The first-order chi connectivity index (χ1) is 8.22. The summed E-state index contributed by atoms with van der Waals surface area (Å²) >= 11 is 0. The summed E-state index contributed by atoms with van der Waals surface area (Å²) in [6.45, 7) is 0. The zero-order chi connectivity index (χ0) is 11.9. The highest BCUT2D eigenvalue weighted by atomic mass is 16.2. The van der Waals surface area contributed by atoms with Crippen LogP contribution in [0.1, 0.15) is 30.4 Å². The molecule has 1 atom stereocenters. The Morgan fingerprint density at radius 3 is 2.71 bits per heavy atom. The highest BCUT2D eigenvalue weighted by Crippen LogP contribution is 2.36. The molecule has 2 N–H and O–H groups in total. The molecule has 0 unspecified atom stereocenters. The van der Waals surface area contributed by atoms with Crippen LogP contribution < -0.4 is 10.6 Å². The molecular weight excluding hydrogens is 216 g/mol. The van der Waals surface area contributed by atoms with Gasteiger partial charge in [0.25, 0.3) is 5.91 Å². The molecular formula is C13H14N2O2. The van der Waals surface area contributed by atoms with Gasteiger partial charge in [-0.25, -0.2) is 4.79 Å². The van der Waals surface area contributed by atoms with Crippen molar-refractivity contribution in [2.24, 2.45) is 0 Å². The highest BCUT2D eigenvalue weighted by Gasteiger charge is 2.48. The van der Waals surface area contributed by atoms with Gasteiger partial charge in [0.15, 0.2) is 0 Å². The molecule has 2 aliphatic rings. The average Bonchev–Trinajstić information content (AvgIpc) is 2.50. The lowest BCUT2D eigenvalue weighted by atomic mass is 9.84. The molecule has 1 aromatic carbocycles. The van der Waals surface area contributed by atoms with Gasteiger partial charge in [-0.15, -0.1) is 0 Å². The maximum Gasteiger partial charge on any atom is 0.322 e. The second-order valence-corrected chi connectivity index (χ2v) is 4.68. The average molecular weight is 230 g/mol. The first kappa shape index (κ1) is 10.3. The first-order valence-electron chi connectivity index (χ1n) is 5.94. The van der Waals surface area contributed by atoms with Crippen LogP contribution in [-0.2, 0) is 16.8 Å². The third-order valence-corrected chi connectivity index (χ3v) is 3.67. The third-order valence-electron chi connectivity index (χ3n) is 3.67. The van der Waals surface area contributed by atoms with Crippen molar-refractivity contribution in [1.82, 2.24) is 10.6 Å². The number of carbonyl (C=O) groups is 2. The summed E-state index contributed by atoms with van der Waals surface area (Å²) in [6, 6.07) is 7.51. The predicted molar refractivity (Wildman–Crippen MR) is 62.3 cm³/mol. The van der Waals surface area contributed by atoms with E-state index in [1.807, 2.05) is 24.3 Å². The Hall–Kier alpha value is -1.84.